The maximum Gasteiger partial charge on any atom is 0.133 e. The lowest BCUT2D eigenvalue weighted by Gasteiger charge is -2.30. The Morgan fingerprint density at radius 3 is 2.63 bits per heavy atom. The van der Waals surface area contributed by atoms with Crippen LogP contribution in [0.4, 0.5) is 5.82 Å². The normalized spacial score (nSPS) is 12.8. The van der Waals surface area contributed by atoms with Crippen LogP contribution in [0.5, 0.6) is 0 Å². The summed E-state index contributed by atoms with van der Waals surface area (Å²) in [4.78, 5) is 6.88. The molecule has 0 aliphatic rings. The van der Waals surface area contributed by atoms with E-state index in [1.807, 2.05) is 6.20 Å². The number of rotatable bonds is 7. The lowest BCUT2D eigenvalue weighted by Crippen LogP contribution is -2.35. The van der Waals surface area contributed by atoms with Crippen molar-refractivity contribution in [3.05, 3.63) is 22.3 Å². The number of hydrogen-bond acceptors (Lipinski definition) is 3. The van der Waals surface area contributed by atoms with E-state index >= 15 is 0 Å². The molecular formula is C15H26BrN3. The smallest absolute Gasteiger partial charge is 0.133 e. The lowest BCUT2D eigenvalue weighted by atomic mass is 10.0. The van der Waals surface area contributed by atoms with Crippen molar-refractivity contribution in [3.8, 4) is 0 Å². The van der Waals surface area contributed by atoms with E-state index in [2.05, 4.69) is 71.9 Å². The summed E-state index contributed by atoms with van der Waals surface area (Å²) in [5.74, 6) is 1.68. The highest BCUT2D eigenvalue weighted by atomic mass is 79.9. The van der Waals surface area contributed by atoms with Gasteiger partial charge < -0.3 is 10.2 Å². The van der Waals surface area contributed by atoms with Gasteiger partial charge in [0.05, 0.1) is 0 Å². The molecule has 0 amide bonds. The van der Waals surface area contributed by atoms with Crippen LogP contribution in [-0.2, 0) is 6.54 Å². The van der Waals surface area contributed by atoms with Gasteiger partial charge in [-0.1, -0.05) is 20.8 Å². The van der Waals surface area contributed by atoms with Crippen LogP contribution in [0.1, 0.15) is 39.7 Å². The van der Waals surface area contributed by atoms with Gasteiger partial charge in [0, 0.05) is 35.9 Å². The number of pyridine rings is 1. The Morgan fingerprint density at radius 1 is 1.37 bits per heavy atom. The third-order valence-electron chi connectivity index (χ3n) is 3.56. The zero-order chi connectivity index (χ0) is 14.4. The van der Waals surface area contributed by atoms with Gasteiger partial charge in [0.1, 0.15) is 5.82 Å². The topological polar surface area (TPSA) is 28.2 Å². The summed E-state index contributed by atoms with van der Waals surface area (Å²) in [6.07, 6.45) is 3.03. The number of anilines is 1. The quantitative estimate of drug-likeness (QED) is 0.771. The first-order valence-electron chi connectivity index (χ1n) is 7.05. The molecule has 4 heteroatoms. The molecule has 0 aliphatic carbocycles. The molecule has 1 heterocycles. The molecule has 0 saturated carbocycles. The highest BCUT2D eigenvalue weighted by molar-refractivity contribution is 9.10. The van der Waals surface area contributed by atoms with E-state index in [4.69, 9.17) is 0 Å². The minimum absolute atomic E-state index is 0.471. The number of nitrogens with zero attached hydrogens (tertiary/aromatic N) is 2. The molecule has 0 aliphatic heterocycles. The minimum Gasteiger partial charge on any atom is -0.356 e. The molecule has 1 rings (SSSR count). The standard InChI is InChI=1S/C15H26BrN3/c1-6-7-17-9-13-8-14(16)10-18-15(13)19(5)12(4)11(2)3/h8,10-12,17H,6-7,9H2,1-5H3. The first kappa shape index (κ1) is 16.4. The van der Waals surface area contributed by atoms with Gasteiger partial charge in [0.2, 0.25) is 0 Å². The highest BCUT2D eigenvalue weighted by Crippen LogP contribution is 2.24. The van der Waals surface area contributed by atoms with E-state index in [1.54, 1.807) is 0 Å². The van der Waals surface area contributed by atoms with Crippen LogP contribution < -0.4 is 10.2 Å². The van der Waals surface area contributed by atoms with E-state index in [9.17, 15) is 0 Å². The van der Waals surface area contributed by atoms with Crippen LogP contribution >= 0.6 is 15.9 Å². The first-order valence-corrected chi connectivity index (χ1v) is 7.84. The van der Waals surface area contributed by atoms with Gasteiger partial charge in [0.25, 0.3) is 0 Å². The fraction of sp³-hybridized carbons (Fsp3) is 0.667. The predicted octanol–water partition coefficient (Wildman–Crippen LogP) is 3.82. The van der Waals surface area contributed by atoms with Crippen molar-refractivity contribution in [1.82, 2.24) is 10.3 Å². The molecule has 19 heavy (non-hydrogen) atoms. The molecule has 1 aromatic rings. The minimum atomic E-state index is 0.471. The van der Waals surface area contributed by atoms with Crippen molar-refractivity contribution in [2.75, 3.05) is 18.5 Å². The molecule has 0 radical (unpaired) electrons. The van der Waals surface area contributed by atoms with Crippen molar-refractivity contribution >= 4 is 21.7 Å². The fourth-order valence-electron chi connectivity index (χ4n) is 1.96. The van der Waals surface area contributed by atoms with Gasteiger partial charge in [-0.2, -0.15) is 0 Å². The molecule has 1 atom stereocenters. The molecule has 3 nitrogen and oxygen atoms in total. The molecule has 0 spiro atoms. The van der Waals surface area contributed by atoms with E-state index < -0.39 is 0 Å². The van der Waals surface area contributed by atoms with E-state index in [0.717, 1.165) is 29.8 Å². The molecule has 0 fully saturated rings. The van der Waals surface area contributed by atoms with Gasteiger partial charge in [-0.25, -0.2) is 4.98 Å². The van der Waals surface area contributed by atoms with Crippen LogP contribution in [0.15, 0.2) is 16.7 Å². The Hall–Kier alpha value is -0.610. The van der Waals surface area contributed by atoms with Crippen LogP contribution in [0, 0.1) is 5.92 Å². The number of halogens is 1. The second-order valence-corrected chi connectivity index (χ2v) is 6.32. The van der Waals surface area contributed by atoms with Crippen molar-refractivity contribution in [2.45, 2.75) is 46.7 Å². The van der Waals surface area contributed by atoms with Gasteiger partial charge >= 0.3 is 0 Å². The van der Waals surface area contributed by atoms with Crippen molar-refractivity contribution in [2.24, 2.45) is 5.92 Å². The van der Waals surface area contributed by atoms with Crippen molar-refractivity contribution < 1.29 is 0 Å². The summed E-state index contributed by atoms with van der Waals surface area (Å²) in [7, 11) is 2.13. The summed E-state index contributed by atoms with van der Waals surface area (Å²) in [5.41, 5.74) is 1.25. The van der Waals surface area contributed by atoms with E-state index in [0.29, 0.717) is 12.0 Å². The largest absolute Gasteiger partial charge is 0.356 e. The van der Waals surface area contributed by atoms with Crippen LogP contribution in [-0.4, -0.2) is 24.6 Å². The van der Waals surface area contributed by atoms with Gasteiger partial charge in [0.15, 0.2) is 0 Å². The summed E-state index contributed by atoms with van der Waals surface area (Å²) in [6.45, 7) is 10.8. The Morgan fingerprint density at radius 2 is 2.05 bits per heavy atom. The van der Waals surface area contributed by atoms with Crippen molar-refractivity contribution in [1.29, 1.82) is 0 Å². The Labute approximate surface area is 125 Å². The Balaban J connectivity index is 2.92. The molecule has 1 unspecified atom stereocenters. The first-order chi connectivity index (χ1) is 8.97. The third kappa shape index (κ3) is 4.77. The molecule has 1 aromatic heterocycles. The van der Waals surface area contributed by atoms with Crippen molar-refractivity contribution in [3.63, 3.8) is 0 Å². The molecule has 0 bridgehead atoms. The van der Waals surface area contributed by atoms with Gasteiger partial charge in [-0.05, 0) is 47.8 Å². The number of hydrogen-bond donors (Lipinski definition) is 1. The Kier molecular flexibility index (Phi) is 6.80. The van der Waals surface area contributed by atoms with Crippen LogP contribution in [0.25, 0.3) is 0 Å². The average molecular weight is 328 g/mol. The van der Waals surface area contributed by atoms with Gasteiger partial charge in [-0.3, -0.25) is 0 Å². The SMILES string of the molecule is CCCNCc1cc(Br)cnc1N(C)C(C)C(C)C. The maximum absolute atomic E-state index is 4.60. The summed E-state index contributed by atoms with van der Waals surface area (Å²) in [6, 6.07) is 2.63. The summed E-state index contributed by atoms with van der Waals surface area (Å²) < 4.78 is 1.04. The molecule has 108 valence electrons. The molecule has 0 aromatic carbocycles. The maximum atomic E-state index is 4.60. The monoisotopic (exact) mass is 327 g/mol. The van der Waals surface area contributed by atoms with Gasteiger partial charge in [-0.15, -0.1) is 0 Å². The zero-order valence-electron chi connectivity index (χ0n) is 12.7. The summed E-state index contributed by atoms with van der Waals surface area (Å²) >= 11 is 3.51. The predicted molar refractivity (Wildman–Crippen MR) is 86.6 cm³/mol. The molecular weight excluding hydrogens is 302 g/mol. The van der Waals surface area contributed by atoms with E-state index in [-0.39, 0.29) is 0 Å². The fourth-order valence-corrected chi connectivity index (χ4v) is 2.34. The second kappa shape index (κ2) is 7.85. The van der Waals surface area contributed by atoms with Crippen LogP contribution in [0.3, 0.4) is 0 Å². The average Bonchev–Trinajstić information content (AvgIpc) is 2.37. The summed E-state index contributed by atoms with van der Waals surface area (Å²) in [5, 5.41) is 3.45. The third-order valence-corrected chi connectivity index (χ3v) is 4.00. The highest BCUT2D eigenvalue weighted by Gasteiger charge is 2.17. The number of aromatic nitrogens is 1. The zero-order valence-corrected chi connectivity index (χ0v) is 14.3. The second-order valence-electron chi connectivity index (χ2n) is 5.41. The molecule has 0 saturated heterocycles. The van der Waals surface area contributed by atoms with Crippen LogP contribution in [0.2, 0.25) is 0 Å². The lowest BCUT2D eigenvalue weighted by molar-refractivity contribution is 0.501. The number of nitrogens with one attached hydrogen (secondary N) is 1. The Bertz CT molecular complexity index is 393. The molecule has 1 N–H and O–H groups in total. The van der Waals surface area contributed by atoms with E-state index in [1.165, 1.54) is 5.56 Å².